The number of pyridine rings is 1. The number of carbonyl (C=O) groups excluding carboxylic acids is 1. The van der Waals surface area contributed by atoms with Crippen molar-refractivity contribution in [3.63, 3.8) is 0 Å². The van der Waals surface area contributed by atoms with Crippen molar-refractivity contribution in [1.82, 2.24) is 20.3 Å². The van der Waals surface area contributed by atoms with E-state index in [1.165, 1.54) is 0 Å². The maximum atomic E-state index is 13.1. The van der Waals surface area contributed by atoms with Crippen LogP contribution in [0.1, 0.15) is 43.1 Å². The van der Waals surface area contributed by atoms with Crippen LogP contribution < -0.4 is 10.1 Å². The number of ether oxygens (including phenoxy) is 1. The molecular formula is C25H24N4O2. The standard InChI is InChI=1S/C25H24N4O2/c1-25(2)12-20-19(14-27-23(28-20)16-7-9-26-10-8-16)21(13-25)29-24(30)18-11-17-5-3-4-6-22(17)31-15-18/h3-11,14,21H,12-13,15H2,1-2H3,(H,29,30)/t21-/m0/s1. The van der Waals surface area contributed by atoms with Gasteiger partial charge < -0.3 is 10.1 Å². The smallest absolute Gasteiger partial charge is 0.251 e. The lowest BCUT2D eigenvalue weighted by Gasteiger charge is -2.36. The Labute approximate surface area is 181 Å². The number of benzene rings is 1. The first kappa shape index (κ1) is 19.4. The highest BCUT2D eigenvalue weighted by Gasteiger charge is 2.35. The molecule has 6 heteroatoms. The molecule has 1 aliphatic heterocycles. The molecule has 156 valence electrons. The number of rotatable bonds is 3. The van der Waals surface area contributed by atoms with E-state index in [0.29, 0.717) is 11.4 Å². The Balaban J connectivity index is 1.43. The van der Waals surface area contributed by atoms with Crippen LogP contribution in [0.5, 0.6) is 5.75 Å². The van der Waals surface area contributed by atoms with E-state index in [-0.39, 0.29) is 24.0 Å². The summed E-state index contributed by atoms with van der Waals surface area (Å²) in [6, 6.07) is 11.4. The summed E-state index contributed by atoms with van der Waals surface area (Å²) in [5, 5.41) is 3.21. The van der Waals surface area contributed by atoms with Gasteiger partial charge in [-0.3, -0.25) is 9.78 Å². The fourth-order valence-electron chi connectivity index (χ4n) is 4.31. The molecule has 3 aromatic rings. The molecular weight excluding hydrogens is 388 g/mol. The van der Waals surface area contributed by atoms with E-state index in [4.69, 9.17) is 9.72 Å². The number of nitrogens with zero attached hydrogens (tertiary/aromatic N) is 3. The lowest BCUT2D eigenvalue weighted by molar-refractivity contribution is -0.118. The van der Waals surface area contributed by atoms with Gasteiger partial charge in [-0.25, -0.2) is 9.97 Å². The maximum absolute atomic E-state index is 13.1. The van der Waals surface area contributed by atoms with E-state index in [1.54, 1.807) is 12.4 Å². The zero-order chi connectivity index (χ0) is 21.4. The Hall–Kier alpha value is -3.54. The van der Waals surface area contributed by atoms with Crippen LogP contribution in [-0.2, 0) is 11.2 Å². The van der Waals surface area contributed by atoms with Gasteiger partial charge in [0.2, 0.25) is 0 Å². The van der Waals surface area contributed by atoms with Crippen LogP contribution in [-0.4, -0.2) is 27.5 Å². The summed E-state index contributed by atoms with van der Waals surface area (Å²) in [5.74, 6) is 1.38. The second-order valence-electron chi connectivity index (χ2n) is 8.90. The Kier molecular flexibility index (Phi) is 4.77. The first-order valence-corrected chi connectivity index (χ1v) is 10.5. The Bertz CT molecular complexity index is 1170. The molecule has 0 spiro atoms. The van der Waals surface area contributed by atoms with Crippen LogP contribution in [0.2, 0.25) is 0 Å². The third-order valence-corrected chi connectivity index (χ3v) is 5.85. The van der Waals surface area contributed by atoms with Gasteiger partial charge in [0.05, 0.1) is 17.3 Å². The lowest BCUT2D eigenvalue weighted by atomic mass is 9.74. The normalized spacial score (nSPS) is 18.8. The molecule has 0 unspecified atom stereocenters. The van der Waals surface area contributed by atoms with Gasteiger partial charge in [-0.05, 0) is 42.5 Å². The number of aromatic nitrogens is 3. The number of carbonyl (C=O) groups is 1. The zero-order valence-electron chi connectivity index (χ0n) is 17.6. The molecule has 1 N–H and O–H groups in total. The highest BCUT2D eigenvalue weighted by atomic mass is 16.5. The topological polar surface area (TPSA) is 77.0 Å². The minimum atomic E-state index is -0.143. The molecule has 6 nitrogen and oxygen atoms in total. The molecule has 1 atom stereocenters. The van der Waals surface area contributed by atoms with E-state index >= 15 is 0 Å². The largest absolute Gasteiger partial charge is 0.488 e. The lowest BCUT2D eigenvalue weighted by Crippen LogP contribution is -2.38. The molecule has 0 radical (unpaired) electrons. The van der Waals surface area contributed by atoms with E-state index in [2.05, 4.69) is 29.1 Å². The van der Waals surface area contributed by atoms with Crippen molar-refractivity contribution in [2.45, 2.75) is 32.7 Å². The summed E-state index contributed by atoms with van der Waals surface area (Å²) in [6.45, 7) is 4.69. The summed E-state index contributed by atoms with van der Waals surface area (Å²) in [6.07, 6.45) is 8.92. The van der Waals surface area contributed by atoms with Crippen molar-refractivity contribution in [3.8, 4) is 17.1 Å². The van der Waals surface area contributed by atoms with Crippen molar-refractivity contribution >= 4 is 12.0 Å². The van der Waals surface area contributed by atoms with Crippen LogP contribution in [0.25, 0.3) is 17.5 Å². The van der Waals surface area contributed by atoms with Crippen molar-refractivity contribution in [1.29, 1.82) is 0 Å². The minimum absolute atomic E-state index is 0.0128. The number of fused-ring (bicyclic) bond motifs is 2. The van der Waals surface area contributed by atoms with Gasteiger partial charge in [-0.2, -0.15) is 0 Å². The maximum Gasteiger partial charge on any atom is 0.251 e. The van der Waals surface area contributed by atoms with Crippen LogP contribution in [0, 0.1) is 5.41 Å². The van der Waals surface area contributed by atoms with Crippen molar-refractivity contribution < 1.29 is 9.53 Å². The second-order valence-corrected chi connectivity index (χ2v) is 8.90. The summed E-state index contributed by atoms with van der Waals surface area (Å²) in [4.78, 5) is 26.6. The van der Waals surface area contributed by atoms with Gasteiger partial charge in [-0.1, -0.05) is 32.0 Å². The molecule has 5 rings (SSSR count). The van der Waals surface area contributed by atoms with E-state index in [1.807, 2.05) is 48.7 Å². The Morgan fingerprint density at radius 1 is 1.16 bits per heavy atom. The fraction of sp³-hybridized carbons (Fsp3) is 0.280. The molecule has 1 amide bonds. The van der Waals surface area contributed by atoms with E-state index < -0.39 is 0 Å². The van der Waals surface area contributed by atoms with E-state index in [9.17, 15) is 4.79 Å². The predicted octanol–water partition coefficient (Wildman–Crippen LogP) is 4.14. The van der Waals surface area contributed by atoms with Crippen LogP contribution in [0.3, 0.4) is 0 Å². The number of hydrogen-bond acceptors (Lipinski definition) is 5. The first-order valence-electron chi connectivity index (χ1n) is 10.5. The van der Waals surface area contributed by atoms with Crippen LogP contribution in [0.15, 0.2) is 60.6 Å². The minimum Gasteiger partial charge on any atom is -0.488 e. The van der Waals surface area contributed by atoms with Crippen molar-refractivity contribution in [2.24, 2.45) is 5.41 Å². The van der Waals surface area contributed by atoms with Gasteiger partial charge >= 0.3 is 0 Å². The average molecular weight is 412 g/mol. The molecule has 3 heterocycles. The van der Waals surface area contributed by atoms with Gasteiger partial charge in [0, 0.05) is 35.3 Å². The molecule has 0 bridgehead atoms. The molecule has 0 saturated heterocycles. The third-order valence-electron chi connectivity index (χ3n) is 5.85. The molecule has 0 fully saturated rings. The molecule has 31 heavy (non-hydrogen) atoms. The van der Waals surface area contributed by atoms with Crippen molar-refractivity contribution in [2.75, 3.05) is 6.61 Å². The molecule has 0 saturated carbocycles. The molecule has 2 aromatic heterocycles. The Morgan fingerprint density at radius 3 is 2.81 bits per heavy atom. The zero-order valence-corrected chi connectivity index (χ0v) is 17.6. The van der Waals surface area contributed by atoms with Crippen molar-refractivity contribution in [3.05, 3.63) is 77.4 Å². The van der Waals surface area contributed by atoms with E-state index in [0.717, 1.165) is 41.0 Å². The highest BCUT2D eigenvalue weighted by Crippen LogP contribution is 2.40. The summed E-state index contributed by atoms with van der Waals surface area (Å²) < 4.78 is 5.76. The number of hydrogen-bond donors (Lipinski definition) is 1. The van der Waals surface area contributed by atoms with Gasteiger partial charge in [0.1, 0.15) is 12.4 Å². The summed E-state index contributed by atoms with van der Waals surface area (Å²) in [7, 11) is 0. The van der Waals surface area contributed by atoms with Gasteiger partial charge in [-0.15, -0.1) is 0 Å². The quantitative estimate of drug-likeness (QED) is 0.699. The van der Waals surface area contributed by atoms with Gasteiger partial charge in [0.15, 0.2) is 5.82 Å². The van der Waals surface area contributed by atoms with Crippen LogP contribution >= 0.6 is 0 Å². The molecule has 1 aliphatic carbocycles. The SMILES string of the molecule is CC1(C)Cc2nc(-c3ccncc3)ncc2[C@@H](NC(=O)C2=Cc3ccccc3OC2)C1. The number of nitrogens with one attached hydrogen (secondary N) is 1. The summed E-state index contributed by atoms with van der Waals surface area (Å²) in [5.41, 5.74) is 4.47. The highest BCUT2D eigenvalue weighted by molar-refractivity contribution is 5.99. The first-order chi connectivity index (χ1) is 15.0. The number of para-hydroxylation sites is 1. The third kappa shape index (κ3) is 3.93. The molecule has 1 aromatic carbocycles. The predicted molar refractivity (Wildman–Crippen MR) is 118 cm³/mol. The number of amides is 1. The summed E-state index contributed by atoms with van der Waals surface area (Å²) >= 11 is 0. The fourth-order valence-corrected chi connectivity index (χ4v) is 4.31. The average Bonchev–Trinajstić information content (AvgIpc) is 2.78. The molecule has 2 aliphatic rings. The Morgan fingerprint density at radius 2 is 1.97 bits per heavy atom. The monoisotopic (exact) mass is 412 g/mol. The van der Waals surface area contributed by atoms with Gasteiger partial charge in [0.25, 0.3) is 5.91 Å². The second kappa shape index (κ2) is 7.61. The van der Waals surface area contributed by atoms with Crippen LogP contribution in [0.4, 0.5) is 0 Å².